The lowest BCUT2D eigenvalue weighted by atomic mass is 10.1. The molecular weight excluding hydrogens is 240 g/mol. The van der Waals surface area contributed by atoms with Crippen LogP contribution in [0.25, 0.3) is 0 Å². The summed E-state index contributed by atoms with van der Waals surface area (Å²) in [6.45, 7) is 4.88. The minimum Gasteiger partial charge on any atom is -0.497 e. The predicted octanol–water partition coefficient (Wildman–Crippen LogP) is 2.37. The zero-order valence-corrected chi connectivity index (χ0v) is 11.9. The Bertz CT molecular complexity index is 606. The molecule has 0 radical (unpaired) electrons. The van der Waals surface area contributed by atoms with E-state index in [-0.39, 0.29) is 5.56 Å². The highest BCUT2D eigenvalue weighted by Crippen LogP contribution is 2.16. The van der Waals surface area contributed by atoms with Gasteiger partial charge in [0, 0.05) is 18.8 Å². The highest BCUT2D eigenvalue weighted by Gasteiger charge is 2.11. The molecule has 19 heavy (non-hydrogen) atoms. The van der Waals surface area contributed by atoms with E-state index in [1.165, 1.54) is 0 Å². The third-order valence-electron chi connectivity index (χ3n) is 3.33. The van der Waals surface area contributed by atoms with Crippen molar-refractivity contribution in [3.8, 4) is 5.75 Å². The highest BCUT2D eigenvalue weighted by molar-refractivity contribution is 5.27. The first-order valence-electron chi connectivity index (χ1n) is 6.42. The van der Waals surface area contributed by atoms with Crippen LogP contribution in [0.3, 0.4) is 0 Å². The van der Waals surface area contributed by atoms with Gasteiger partial charge in [0.05, 0.1) is 13.7 Å². The van der Waals surface area contributed by atoms with E-state index in [0.717, 1.165) is 17.0 Å². The average molecular weight is 260 g/mol. The topological polar surface area (TPSA) is 36.2 Å². The summed E-state index contributed by atoms with van der Waals surface area (Å²) in [5, 5.41) is 0. The van der Waals surface area contributed by atoms with Crippen LogP contribution in [0.1, 0.15) is 31.0 Å². The predicted molar refractivity (Wildman–Crippen MR) is 75.9 cm³/mol. The molecule has 0 amide bonds. The summed E-state index contributed by atoms with van der Waals surface area (Å²) >= 11 is 0. The Morgan fingerprint density at radius 1 is 1.21 bits per heavy atom. The van der Waals surface area contributed by atoms with E-state index in [0.29, 0.717) is 12.5 Å². The standard InChI is InChI=1S/C15H20N2O2/c1-11(2)14-9-15(18)16(3)17(14)10-12-5-7-13(19-4)8-6-12/h5-9,11H,10H2,1-4H3. The van der Waals surface area contributed by atoms with Gasteiger partial charge in [0.2, 0.25) is 0 Å². The molecular formula is C15H20N2O2. The maximum absolute atomic E-state index is 11.8. The van der Waals surface area contributed by atoms with Gasteiger partial charge < -0.3 is 4.74 Å². The largest absolute Gasteiger partial charge is 0.497 e. The maximum atomic E-state index is 11.8. The second-order valence-electron chi connectivity index (χ2n) is 4.99. The van der Waals surface area contributed by atoms with Crippen LogP contribution >= 0.6 is 0 Å². The third-order valence-corrected chi connectivity index (χ3v) is 3.33. The van der Waals surface area contributed by atoms with Crippen LogP contribution in [0.15, 0.2) is 35.1 Å². The number of ether oxygens (including phenoxy) is 1. The quantitative estimate of drug-likeness (QED) is 0.846. The first-order chi connectivity index (χ1) is 9.02. The van der Waals surface area contributed by atoms with Crippen molar-refractivity contribution in [2.75, 3.05) is 7.11 Å². The monoisotopic (exact) mass is 260 g/mol. The summed E-state index contributed by atoms with van der Waals surface area (Å²) in [5.41, 5.74) is 2.24. The van der Waals surface area contributed by atoms with Crippen LogP contribution in [0, 0.1) is 0 Å². The first-order valence-corrected chi connectivity index (χ1v) is 6.42. The Morgan fingerprint density at radius 3 is 2.37 bits per heavy atom. The van der Waals surface area contributed by atoms with Crippen LogP contribution < -0.4 is 10.3 Å². The lowest BCUT2D eigenvalue weighted by Gasteiger charge is -2.14. The molecule has 0 aliphatic rings. The van der Waals surface area contributed by atoms with Crippen molar-refractivity contribution in [3.63, 3.8) is 0 Å². The molecule has 1 heterocycles. The molecule has 0 N–H and O–H groups in total. The van der Waals surface area contributed by atoms with Gasteiger partial charge in [-0.05, 0) is 23.6 Å². The van der Waals surface area contributed by atoms with Gasteiger partial charge in [0.25, 0.3) is 5.56 Å². The van der Waals surface area contributed by atoms with E-state index >= 15 is 0 Å². The Labute approximate surface area is 113 Å². The number of hydrogen-bond donors (Lipinski definition) is 0. The molecule has 4 heteroatoms. The third kappa shape index (κ3) is 2.72. The number of benzene rings is 1. The van der Waals surface area contributed by atoms with E-state index in [4.69, 9.17) is 4.74 Å². The summed E-state index contributed by atoms with van der Waals surface area (Å²) in [7, 11) is 3.46. The molecule has 102 valence electrons. The Balaban J connectivity index is 2.34. The fourth-order valence-electron chi connectivity index (χ4n) is 2.15. The lowest BCUT2D eigenvalue weighted by molar-refractivity contribution is 0.414. The average Bonchev–Trinajstić information content (AvgIpc) is 2.68. The van der Waals surface area contributed by atoms with Crippen molar-refractivity contribution in [3.05, 3.63) is 51.9 Å². The molecule has 0 unspecified atom stereocenters. The Kier molecular flexibility index (Phi) is 3.79. The van der Waals surface area contributed by atoms with Crippen LogP contribution in [0.4, 0.5) is 0 Å². The molecule has 4 nitrogen and oxygen atoms in total. The minimum atomic E-state index is 0.0391. The fourth-order valence-corrected chi connectivity index (χ4v) is 2.15. The number of aromatic nitrogens is 2. The maximum Gasteiger partial charge on any atom is 0.266 e. The number of nitrogens with zero attached hydrogens (tertiary/aromatic N) is 2. The number of methoxy groups -OCH3 is 1. The van der Waals surface area contributed by atoms with Crippen molar-refractivity contribution in [1.82, 2.24) is 9.36 Å². The fraction of sp³-hybridized carbons (Fsp3) is 0.400. The van der Waals surface area contributed by atoms with Gasteiger partial charge in [-0.3, -0.25) is 14.2 Å². The molecule has 0 saturated heterocycles. The van der Waals surface area contributed by atoms with Crippen LogP contribution in [0.2, 0.25) is 0 Å². The molecule has 0 spiro atoms. The van der Waals surface area contributed by atoms with Crippen molar-refractivity contribution < 1.29 is 4.74 Å². The minimum absolute atomic E-state index is 0.0391. The molecule has 2 rings (SSSR count). The second-order valence-corrected chi connectivity index (χ2v) is 4.99. The highest BCUT2D eigenvalue weighted by atomic mass is 16.5. The van der Waals surface area contributed by atoms with E-state index in [9.17, 15) is 4.79 Å². The summed E-state index contributed by atoms with van der Waals surface area (Å²) in [6.07, 6.45) is 0. The molecule has 2 aromatic rings. The van der Waals surface area contributed by atoms with E-state index < -0.39 is 0 Å². The van der Waals surface area contributed by atoms with Crippen molar-refractivity contribution >= 4 is 0 Å². The van der Waals surface area contributed by atoms with Crippen molar-refractivity contribution in [2.24, 2.45) is 7.05 Å². The van der Waals surface area contributed by atoms with Crippen molar-refractivity contribution in [1.29, 1.82) is 0 Å². The molecule has 0 aliphatic carbocycles. The molecule has 0 aliphatic heterocycles. The van der Waals surface area contributed by atoms with Crippen molar-refractivity contribution in [2.45, 2.75) is 26.3 Å². The Morgan fingerprint density at radius 2 is 1.84 bits per heavy atom. The van der Waals surface area contributed by atoms with E-state index in [1.54, 1.807) is 24.9 Å². The van der Waals surface area contributed by atoms with E-state index in [2.05, 4.69) is 13.8 Å². The summed E-state index contributed by atoms with van der Waals surface area (Å²) < 4.78 is 8.84. The SMILES string of the molecule is COc1ccc(Cn2c(C(C)C)cc(=O)n2C)cc1. The molecule has 0 atom stereocenters. The zero-order valence-electron chi connectivity index (χ0n) is 11.9. The van der Waals surface area contributed by atoms with Gasteiger partial charge >= 0.3 is 0 Å². The molecule has 1 aromatic heterocycles. The molecule has 0 fully saturated rings. The van der Waals surface area contributed by atoms with Gasteiger partial charge in [-0.2, -0.15) is 0 Å². The second kappa shape index (κ2) is 5.34. The van der Waals surface area contributed by atoms with Crippen LogP contribution in [-0.2, 0) is 13.6 Å². The van der Waals surface area contributed by atoms with Gasteiger partial charge in [-0.1, -0.05) is 26.0 Å². The van der Waals surface area contributed by atoms with E-state index in [1.807, 2.05) is 28.9 Å². The lowest BCUT2D eigenvalue weighted by Crippen LogP contribution is -2.20. The number of rotatable bonds is 4. The van der Waals surface area contributed by atoms with Gasteiger partial charge in [0.1, 0.15) is 5.75 Å². The van der Waals surface area contributed by atoms with Gasteiger partial charge in [0.15, 0.2) is 0 Å². The molecule has 0 bridgehead atoms. The molecule has 0 saturated carbocycles. The Hall–Kier alpha value is -1.97. The summed E-state index contributed by atoms with van der Waals surface area (Å²) in [6, 6.07) is 9.63. The van der Waals surface area contributed by atoms with Gasteiger partial charge in [-0.25, -0.2) is 0 Å². The normalized spacial score (nSPS) is 11.0. The van der Waals surface area contributed by atoms with Gasteiger partial charge in [-0.15, -0.1) is 0 Å². The van der Waals surface area contributed by atoms with Crippen LogP contribution in [-0.4, -0.2) is 16.5 Å². The number of hydrogen-bond acceptors (Lipinski definition) is 2. The zero-order chi connectivity index (χ0) is 14.0. The first kappa shape index (κ1) is 13.5. The summed E-state index contributed by atoms with van der Waals surface area (Å²) in [5.74, 6) is 1.17. The molecule has 1 aromatic carbocycles. The van der Waals surface area contributed by atoms with Crippen LogP contribution in [0.5, 0.6) is 5.75 Å². The smallest absolute Gasteiger partial charge is 0.266 e. The summed E-state index contributed by atoms with van der Waals surface area (Å²) in [4.78, 5) is 11.8.